The second-order valence-electron chi connectivity index (χ2n) is 8.31. The summed E-state index contributed by atoms with van der Waals surface area (Å²) in [6.45, 7) is 3.44. The van der Waals surface area contributed by atoms with Crippen molar-refractivity contribution in [3.05, 3.63) is 59.7 Å². The highest BCUT2D eigenvalue weighted by atomic mass is 16.5. The minimum Gasteiger partial charge on any atom is -0.465 e. The van der Waals surface area contributed by atoms with Crippen LogP contribution in [0.2, 0.25) is 0 Å². The van der Waals surface area contributed by atoms with Gasteiger partial charge < -0.3 is 24.6 Å². The van der Waals surface area contributed by atoms with Crippen LogP contribution in [0.1, 0.15) is 43.2 Å². The van der Waals surface area contributed by atoms with Crippen molar-refractivity contribution in [2.75, 3.05) is 26.8 Å². The van der Waals surface area contributed by atoms with E-state index in [9.17, 15) is 15.0 Å². The Kier molecular flexibility index (Phi) is 7.93. The number of likely N-dealkylation sites (tertiary alicyclic amines) is 1. The number of ether oxygens (including phenoxy) is 2. The number of aryl methyl sites for hydroxylation is 1. The van der Waals surface area contributed by atoms with E-state index in [1.165, 1.54) is 4.90 Å². The van der Waals surface area contributed by atoms with E-state index in [2.05, 4.69) is 0 Å². The zero-order valence-electron chi connectivity index (χ0n) is 18.4. The van der Waals surface area contributed by atoms with Crippen molar-refractivity contribution in [1.82, 2.24) is 4.90 Å². The number of aliphatic hydroxyl groups is 1. The highest BCUT2D eigenvalue weighted by molar-refractivity contribution is 5.65. The number of unbranched alkanes of at least 4 members (excludes halogenated alkanes) is 1. The average Bonchev–Trinajstić information content (AvgIpc) is 2.78. The van der Waals surface area contributed by atoms with E-state index < -0.39 is 11.7 Å². The van der Waals surface area contributed by atoms with Crippen LogP contribution in [0.4, 0.5) is 4.79 Å². The Hall–Kier alpha value is -2.57. The molecule has 1 amide bonds. The van der Waals surface area contributed by atoms with Crippen LogP contribution in [-0.4, -0.2) is 48.0 Å². The van der Waals surface area contributed by atoms with E-state index in [-0.39, 0.29) is 5.92 Å². The van der Waals surface area contributed by atoms with Crippen molar-refractivity contribution in [1.29, 1.82) is 0 Å². The molecule has 1 aliphatic heterocycles. The summed E-state index contributed by atoms with van der Waals surface area (Å²) in [7, 11) is 1.67. The average molecular weight is 428 g/mol. The Morgan fingerprint density at radius 1 is 1.13 bits per heavy atom. The number of nitrogens with zero attached hydrogens (tertiary/aromatic N) is 1. The number of benzene rings is 2. The number of para-hydroxylation sites is 2. The predicted octanol–water partition coefficient (Wildman–Crippen LogP) is 5.18. The molecule has 168 valence electrons. The van der Waals surface area contributed by atoms with E-state index in [0.29, 0.717) is 37.4 Å². The van der Waals surface area contributed by atoms with Crippen molar-refractivity contribution in [3.63, 3.8) is 0 Å². The minimum absolute atomic E-state index is 0.207. The SMILES string of the molecule is COCCCC[C@@](O)(c1ccccc1Oc1ccccc1C)C1CCCN(C(=O)O)C1. The lowest BCUT2D eigenvalue weighted by molar-refractivity contribution is -0.0596. The van der Waals surface area contributed by atoms with E-state index in [0.717, 1.165) is 37.0 Å². The van der Waals surface area contributed by atoms with Gasteiger partial charge in [-0.05, 0) is 56.7 Å². The lowest BCUT2D eigenvalue weighted by Gasteiger charge is -2.42. The molecule has 2 N–H and O–H groups in total. The fraction of sp³-hybridized carbons (Fsp3) is 0.480. The molecule has 6 heteroatoms. The monoisotopic (exact) mass is 427 g/mol. The fourth-order valence-corrected chi connectivity index (χ4v) is 4.44. The smallest absolute Gasteiger partial charge is 0.407 e. The van der Waals surface area contributed by atoms with Gasteiger partial charge in [-0.3, -0.25) is 0 Å². The van der Waals surface area contributed by atoms with E-state index in [4.69, 9.17) is 9.47 Å². The van der Waals surface area contributed by atoms with E-state index >= 15 is 0 Å². The zero-order valence-corrected chi connectivity index (χ0v) is 18.4. The van der Waals surface area contributed by atoms with Gasteiger partial charge in [0.05, 0.1) is 5.60 Å². The second-order valence-corrected chi connectivity index (χ2v) is 8.31. The maximum absolute atomic E-state index is 12.1. The number of amides is 1. The van der Waals surface area contributed by atoms with Crippen LogP contribution in [0.3, 0.4) is 0 Å². The maximum Gasteiger partial charge on any atom is 0.407 e. The molecule has 0 aromatic heterocycles. The van der Waals surface area contributed by atoms with Crippen LogP contribution in [0, 0.1) is 12.8 Å². The Labute approximate surface area is 184 Å². The summed E-state index contributed by atoms with van der Waals surface area (Å²) < 4.78 is 11.4. The van der Waals surface area contributed by atoms with Crippen LogP contribution < -0.4 is 4.74 Å². The number of carbonyl (C=O) groups is 1. The molecule has 0 saturated carbocycles. The second kappa shape index (κ2) is 10.6. The molecule has 31 heavy (non-hydrogen) atoms. The molecular weight excluding hydrogens is 394 g/mol. The van der Waals surface area contributed by atoms with Crippen molar-refractivity contribution >= 4 is 6.09 Å². The summed E-state index contributed by atoms with van der Waals surface area (Å²) in [5.41, 5.74) is 0.532. The Bertz CT molecular complexity index is 870. The minimum atomic E-state index is -1.19. The summed E-state index contributed by atoms with van der Waals surface area (Å²) in [5, 5.41) is 21.6. The molecule has 0 bridgehead atoms. The van der Waals surface area contributed by atoms with Crippen LogP contribution in [0.15, 0.2) is 48.5 Å². The zero-order chi connectivity index (χ0) is 22.3. The molecular formula is C25H33NO5. The largest absolute Gasteiger partial charge is 0.465 e. The number of rotatable bonds is 9. The number of hydrogen-bond acceptors (Lipinski definition) is 4. The van der Waals surface area contributed by atoms with Crippen LogP contribution in [-0.2, 0) is 10.3 Å². The van der Waals surface area contributed by atoms with E-state index in [1.807, 2.05) is 55.5 Å². The quantitative estimate of drug-likeness (QED) is 0.539. The Balaban J connectivity index is 1.95. The third-order valence-corrected chi connectivity index (χ3v) is 6.19. The molecule has 0 aliphatic carbocycles. The predicted molar refractivity (Wildman–Crippen MR) is 120 cm³/mol. The standard InChI is InChI=1S/C25H33NO5/c1-19-10-3-5-13-22(19)31-23-14-6-4-12-21(23)25(29,15-7-8-17-30-2)20-11-9-16-26(18-20)24(27)28/h3-6,10,12-14,20,29H,7-9,11,15-18H2,1-2H3,(H,27,28)/t20?,25-/m0/s1. The molecule has 1 fully saturated rings. The molecule has 1 aliphatic rings. The fourth-order valence-electron chi connectivity index (χ4n) is 4.44. The van der Waals surface area contributed by atoms with Gasteiger partial charge in [0, 0.05) is 38.3 Å². The molecule has 1 saturated heterocycles. The molecule has 2 aromatic rings. The first kappa shape index (κ1) is 23.1. The van der Waals surface area contributed by atoms with Gasteiger partial charge in [-0.2, -0.15) is 0 Å². The highest BCUT2D eigenvalue weighted by Crippen LogP contribution is 2.44. The number of carboxylic acid groups (broad SMARTS) is 1. The molecule has 2 atom stereocenters. The molecule has 1 heterocycles. The van der Waals surface area contributed by atoms with Crippen molar-refractivity contribution in [2.24, 2.45) is 5.92 Å². The number of hydrogen-bond donors (Lipinski definition) is 2. The lowest BCUT2D eigenvalue weighted by atomic mass is 9.73. The number of piperidine rings is 1. The Morgan fingerprint density at radius 2 is 1.84 bits per heavy atom. The van der Waals surface area contributed by atoms with E-state index in [1.54, 1.807) is 7.11 Å². The van der Waals surface area contributed by atoms with Gasteiger partial charge in [-0.15, -0.1) is 0 Å². The maximum atomic E-state index is 12.1. The van der Waals surface area contributed by atoms with Crippen LogP contribution in [0.25, 0.3) is 0 Å². The third kappa shape index (κ3) is 5.57. The normalized spacial score (nSPS) is 18.4. The van der Waals surface area contributed by atoms with Crippen molar-refractivity contribution < 1.29 is 24.5 Å². The van der Waals surface area contributed by atoms with Gasteiger partial charge >= 0.3 is 6.09 Å². The summed E-state index contributed by atoms with van der Waals surface area (Å²) in [6.07, 6.45) is 2.68. The molecule has 3 rings (SSSR count). The van der Waals surface area contributed by atoms with Gasteiger partial charge in [-0.1, -0.05) is 36.4 Å². The topological polar surface area (TPSA) is 79.2 Å². The Morgan fingerprint density at radius 3 is 2.55 bits per heavy atom. The summed E-state index contributed by atoms with van der Waals surface area (Å²) in [4.78, 5) is 13.0. The lowest BCUT2D eigenvalue weighted by Crippen LogP contribution is -2.48. The molecule has 0 radical (unpaired) electrons. The summed E-state index contributed by atoms with van der Waals surface area (Å²) in [5.74, 6) is 1.15. The van der Waals surface area contributed by atoms with Gasteiger partial charge in [0.2, 0.25) is 0 Å². The molecule has 6 nitrogen and oxygen atoms in total. The summed E-state index contributed by atoms with van der Waals surface area (Å²) >= 11 is 0. The summed E-state index contributed by atoms with van der Waals surface area (Å²) in [6, 6.07) is 15.4. The molecule has 2 aromatic carbocycles. The third-order valence-electron chi connectivity index (χ3n) is 6.19. The van der Waals surface area contributed by atoms with Gasteiger partial charge in [-0.25, -0.2) is 4.79 Å². The first-order valence-corrected chi connectivity index (χ1v) is 11.0. The van der Waals surface area contributed by atoms with Crippen molar-refractivity contribution in [2.45, 2.75) is 44.6 Å². The highest BCUT2D eigenvalue weighted by Gasteiger charge is 2.42. The van der Waals surface area contributed by atoms with Gasteiger partial charge in [0.25, 0.3) is 0 Å². The first-order valence-electron chi connectivity index (χ1n) is 11.0. The van der Waals surface area contributed by atoms with Gasteiger partial charge in [0.1, 0.15) is 11.5 Å². The first-order chi connectivity index (χ1) is 15.0. The molecule has 1 unspecified atom stereocenters. The van der Waals surface area contributed by atoms with Crippen LogP contribution in [0.5, 0.6) is 11.5 Å². The van der Waals surface area contributed by atoms with Crippen LogP contribution >= 0.6 is 0 Å². The van der Waals surface area contributed by atoms with Gasteiger partial charge in [0.15, 0.2) is 0 Å². The van der Waals surface area contributed by atoms with Crippen molar-refractivity contribution in [3.8, 4) is 11.5 Å². The molecule has 0 spiro atoms. The number of methoxy groups -OCH3 is 1.